The SMILES string of the molecule is O=Cc1cccc2c1C(F)(F)C(=O)N2. The number of hydrogen-bond donors (Lipinski definition) is 1. The van der Waals surface area contributed by atoms with Crippen molar-refractivity contribution in [1.82, 2.24) is 0 Å². The third-order valence-corrected chi connectivity index (χ3v) is 2.07. The molecular weight excluding hydrogens is 192 g/mol. The second-order valence-corrected chi connectivity index (χ2v) is 2.92. The first-order valence-electron chi connectivity index (χ1n) is 3.85. The van der Waals surface area contributed by atoms with Gasteiger partial charge >= 0.3 is 5.92 Å². The fourth-order valence-electron chi connectivity index (χ4n) is 1.44. The maximum atomic E-state index is 13.2. The third kappa shape index (κ3) is 0.951. The van der Waals surface area contributed by atoms with E-state index in [0.29, 0.717) is 6.29 Å². The van der Waals surface area contributed by atoms with Gasteiger partial charge in [-0.3, -0.25) is 9.59 Å². The van der Waals surface area contributed by atoms with Crippen LogP contribution in [0.5, 0.6) is 0 Å². The summed E-state index contributed by atoms with van der Waals surface area (Å²) < 4.78 is 26.4. The van der Waals surface area contributed by atoms with E-state index in [1.807, 2.05) is 5.32 Å². The Bertz CT molecular complexity index is 429. The highest BCUT2D eigenvalue weighted by Gasteiger charge is 2.49. The van der Waals surface area contributed by atoms with Crippen molar-refractivity contribution in [2.75, 3.05) is 5.32 Å². The summed E-state index contributed by atoms with van der Waals surface area (Å²) in [6.45, 7) is 0. The van der Waals surface area contributed by atoms with Crippen LogP contribution in [0.4, 0.5) is 14.5 Å². The highest BCUT2D eigenvalue weighted by molar-refractivity contribution is 6.06. The Morgan fingerprint density at radius 3 is 2.71 bits per heavy atom. The topological polar surface area (TPSA) is 46.2 Å². The van der Waals surface area contributed by atoms with E-state index in [-0.39, 0.29) is 11.3 Å². The molecule has 3 nitrogen and oxygen atoms in total. The number of fused-ring (bicyclic) bond motifs is 1. The van der Waals surface area contributed by atoms with Gasteiger partial charge in [0.15, 0.2) is 6.29 Å². The number of amides is 1. The molecule has 0 fully saturated rings. The smallest absolute Gasteiger partial charge is 0.320 e. The summed E-state index contributed by atoms with van der Waals surface area (Å²) in [6, 6.07) is 4.02. The molecule has 5 heteroatoms. The lowest BCUT2D eigenvalue weighted by Gasteiger charge is -2.07. The van der Waals surface area contributed by atoms with Crippen molar-refractivity contribution in [2.24, 2.45) is 0 Å². The van der Waals surface area contributed by atoms with Crippen LogP contribution in [0.3, 0.4) is 0 Å². The zero-order valence-electron chi connectivity index (χ0n) is 6.88. The molecule has 1 aromatic rings. The van der Waals surface area contributed by atoms with Gasteiger partial charge in [-0.05, 0) is 6.07 Å². The second kappa shape index (κ2) is 2.60. The van der Waals surface area contributed by atoms with E-state index in [1.165, 1.54) is 18.2 Å². The summed E-state index contributed by atoms with van der Waals surface area (Å²) in [7, 11) is 0. The number of carbonyl (C=O) groups is 2. The van der Waals surface area contributed by atoms with Crippen LogP contribution in [0.25, 0.3) is 0 Å². The van der Waals surface area contributed by atoms with Gasteiger partial charge in [0.2, 0.25) is 0 Å². The molecule has 14 heavy (non-hydrogen) atoms. The van der Waals surface area contributed by atoms with E-state index >= 15 is 0 Å². The Morgan fingerprint density at radius 2 is 2.07 bits per heavy atom. The Morgan fingerprint density at radius 1 is 1.36 bits per heavy atom. The molecule has 0 atom stereocenters. The van der Waals surface area contributed by atoms with Crippen LogP contribution in [0, 0.1) is 0 Å². The Kier molecular flexibility index (Phi) is 1.64. The number of benzene rings is 1. The normalized spacial score (nSPS) is 17.4. The van der Waals surface area contributed by atoms with Crippen LogP contribution in [-0.4, -0.2) is 12.2 Å². The van der Waals surface area contributed by atoms with Gasteiger partial charge in [-0.15, -0.1) is 0 Å². The van der Waals surface area contributed by atoms with Crippen molar-refractivity contribution in [3.63, 3.8) is 0 Å². The molecule has 1 heterocycles. The van der Waals surface area contributed by atoms with Crippen molar-refractivity contribution in [3.8, 4) is 0 Å². The number of alkyl halides is 2. The lowest BCUT2D eigenvalue weighted by molar-refractivity contribution is -0.139. The molecule has 0 bridgehead atoms. The zero-order chi connectivity index (χ0) is 10.3. The van der Waals surface area contributed by atoms with Crippen molar-refractivity contribution < 1.29 is 18.4 Å². The molecule has 1 aromatic carbocycles. The molecule has 1 aliphatic rings. The van der Waals surface area contributed by atoms with Crippen molar-refractivity contribution in [2.45, 2.75) is 5.92 Å². The number of nitrogens with one attached hydrogen (secondary N) is 1. The molecule has 0 aliphatic carbocycles. The van der Waals surface area contributed by atoms with E-state index in [2.05, 4.69) is 0 Å². The second-order valence-electron chi connectivity index (χ2n) is 2.92. The van der Waals surface area contributed by atoms with Gasteiger partial charge in [0.25, 0.3) is 5.91 Å². The fraction of sp³-hybridized carbons (Fsp3) is 0.111. The highest BCUT2D eigenvalue weighted by atomic mass is 19.3. The summed E-state index contributed by atoms with van der Waals surface area (Å²) in [5.74, 6) is -4.99. The van der Waals surface area contributed by atoms with E-state index in [0.717, 1.165) is 0 Å². The van der Waals surface area contributed by atoms with E-state index in [4.69, 9.17) is 0 Å². The predicted molar refractivity (Wildman–Crippen MR) is 44.4 cm³/mol. The Hall–Kier alpha value is -1.78. The lowest BCUT2D eigenvalue weighted by atomic mass is 10.0. The Labute approximate surface area is 77.7 Å². The van der Waals surface area contributed by atoms with Gasteiger partial charge in [-0.25, -0.2) is 0 Å². The molecule has 0 saturated carbocycles. The number of hydrogen-bond acceptors (Lipinski definition) is 2. The quantitative estimate of drug-likeness (QED) is 0.694. The summed E-state index contributed by atoms with van der Waals surface area (Å²) in [4.78, 5) is 21.3. The van der Waals surface area contributed by atoms with E-state index in [1.54, 1.807) is 0 Å². The molecule has 1 aliphatic heterocycles. The summed E-state index contributed by atoms with van der Waals surface area (Å²) >= 11 is 0. The maximum absolute atomic E-state index is 13.2. The first-order chi connectivity index (χ1) is 6.57. The number of aldehydes is 1. The summed E-state index contributed by atoms with van der Waals surface area (Å²) in [5.41, 5.74) is -0.685. The Balaban J connectivity index is 2.72. The number of carbonyl (C=O) groups excluding carboxylic acids is 2. The standard InChI is InChI=1S/C9H5F2NO2/c10-9(11)7-5(4-13)2-1-3-6(7)12-8(9)14/h1-4H,(H,12,14). The van der Waals surface area contributed by atoms with Gasteiger partial charge in [0.1, 0.15) is 0 Å². The number of anilines is 1. The summed E-state index contributed by atoms with van der Waals surface area (Å²) in [6.07, 6.45) is 0.313. The maximum Gasteiger partial charge on any atom is 0.352 e. The zero-order valence-corrected chi connectivity index (χ0v) is 6.88. The molecule has 0 spiro atoms. The lowest BCUT2D eigenvalue weighted by Crippen LogP contribution is -2.24. The van der Waals surface area contributed by atoms with Crippen LogP contribution in [0.1, 0.15) is 15.9 Å². The van der Waals surface area contributed by atoms with Gasteiger partial charge in [-0.1, -0.05) is 12.1 Å². The predicted octanol–water partition coefficient (Wildman–Crippen LogP) is 1.54. The largest absolute Gasteiger partial charge is 0.352 e. The highest BCUT2D eigenvalue weighted by Crippen LogP contribution is 2.41. The molecule has 2 rings (SSSR count). The van der Waals surface area contributed by atoms with Crippen molar-refractivity contribution in [3.05, 3.63) is 29.3 Å². The fourth-order valence-corrected chi connectivity index (χ4v) is 1.44. The number of rotatable bonds is 1. The monoisotopic (exact) mass is 197 g/mol. The minimum absolute atomic E-state index is 0.00426. The van der Waals surface area contributed by atoms with E-state index in [9.17, 15) is 18.4 Å². The number of halogens is 2. The van der Waals surface area contributed by atoms with Crippen LogP contribution in [-0.2, 0) is 10.7 Å². The van der Waals surface area contributed by atoms with Crippen LogP contribution in [0.2, 0.25) is 0 Å². The van der Waals surface area contributed by atoms with Crippen molar-refractivity contribution in [1.29, 1.82) is 0 Å². The van der Waals surface area contributed by atoms with Crippen molar-refractivity contribution >= 4 is 17.9 Å². The van der Waals surface area contributed by atoms with E-state index < -0.39 is 17.4 Å². The molecule has 72 valence electrons. The molecular formula is C9H5F2NO2. The molecule has 0 radical (unpaired) electrons. The molecule has 1 amide bonds. The van der Waals surface area contributed by atoms with Gasteiger partial charge in [0.05, 0.1) is 11.3 Å². The van der Waals surface area contributed by atoms with Crippen LogP contribution in [0.15, 0.2) is 18.2 Å². The van der Waals surface area contributed by atoms with Crippen LogP contribution >= 0.6 is 0 Å². The summed E-state index contributed by atoms with van der Waals surface area (Å²) in [5, 5.41) is 2.01. The van der Waals surface area contributed by atoms with Gasteiger partial charge in [-0.2, -0.15) is 8.78 Å². The minimum Gasteiger partial charge on any atom is -0.320 e. The molecule has 0 unspecified atom stereocenters. The first-order valence-corrected chi connectivity index (χ1v) is 3.85. The van der Waals surface area contributed by atoms with Gasteiger partial charge in [0, 0.05) is 5.56 Å². The van der Waals surface area contributed by atoms with Gasteiger partial charge < -0.3 is 5.32 Å². The van der Waals surface area contributed by atoms with Crippen LogP contribution < -0.4 is 5.32 Å². The third-order valence-electron chi connectivity index (χ3n) is 2.07. The molecule has 0 aromatic heterocycles. The average Bonchev–Trinajstić information content (AvgIpc) is 2.38. The molecule has 0 saturated heterocycles. The first kappa shape index (κ1) is 8.80. The molecule has 1 N–H and O–H groups in total. The average molecular weight is 197 g/mol. The minimum atomic E-state index is -3.60.